The average Bonchev–Trinajstić information content (AvgIpc) is 2.74. The Morgan fingerprint density at radius 1 is 1.17 bits per heavy atom. The molecule has 0 unspecified atom stereocenters. The SMILES string of the molecule is COc1cc2nccc(CN3CCc4cccc(C(=O)O)c4C3=O)c2cc1OC. The van der Waals surface area contributed by atoms with Crippen LogP contribution in [0.3, 0.4) is 0 Å². The fourth-order valence-corrected chi connectivity index (χ4v) is 3.78. The standard InChI is InChI=1S/C22H20N2O5/c1-28-18-10-16-14(6-8-23-17(16)11-19(18)29-2)12-24-9-7-13-4-3-5-15(22(26)27)20(13)21(24)25/h3-6,8,10-11H,7,9,12H2,1-2H3,(H,26,27). The number of pyridine rings is 1. The van der Waals surface area contributed by atoms with Crippen molar-refractivity contribution >= 4 is 22.8 Å². The normalized spacial score (nSPS) is 13.3. The highest BCUT2D eigenvalue weighted by Gasteiger charge is 2.29. The Kier molecular flexibility index (Phi) is 4.80. The van der Waals surface area contributed by atoms with Crippen LogP contribution in [0.15, 0.2) is 42.6 Å². The average molecular weight is 392 g/mol. The first-order chi connectivity index (χ1) is 14.0. The number of ether oxygens (including phenoxy) is 2. The van der Waals surface area contributed by atoms with Crippen LogP contribution in [0.4, 0.5) is 0 Å². The highest BCUT2D eigenvalue weighted by Crippen LogP contribution is 2.33. The van der Waals surface area contributed by atoms with Gasteiger partial charge in [0.1, 0.15) is 0 Å². The van der Waals surface area contributed by atoms with Gasteiger partial charge in [0, 0.05) is 30.7 Å². The number of rotatable bonds is 5. The van der Waals surface area contributed by atoms with E-state index >= 15 is 0 Å². The Hall–Kier alpha value is -3.61. The predicted molar refractivity (Wildman–Crippen MR) is 107 cm³/mol. The second kappa shape index (κ2) is 7.43. The van der Waals surface area contributed by atoms with Crippen molar-refractivity contribution in [3.63, 3.8) is 0 Å². The first-order valence-electron chi connectivity index (χ1n) is 9.17. The predicted octanol–water partition coefficient (Wildman–Crippen LogP) is 3.15. The molecular formula is C22H20N2O5. The molecule has 7 nitrogen and oxygen atoms in total. The van der Waals surface area contributed by atoms with Gasteiger partial charge in [0.05, 0.1) is 30.9 Å². The lowest BCUT2D eigenvalue weighted by atomic mass is 9.93. The molecule has 29 heavy (non-hydrogen) atoms. The van der Waals surface area contributed by atoms with Crippen LogP contribution < -0.4 is 9.47 Å². The zero-order valence-corrected chi connectivity index (χ0v) is 16.1. The number of aromatic carboxylic acids is 1. The van der Waals surface area contributed by atoms with Gasteiger partial charge in [-0.05, 0) is 35.7 Å². The number of carbonyl (C=O) groups is 2. The smallest absolute Gasteiger partial charge is 0.336 e. The minimum Gasteiger partial charge on any atom is -0.493 e. The van der Waals surface area contributed by atoms with Gasteiger partial charge in [0.15, 0.2) is 11.5 Å². The number of benzene rings is 2. The molecule has 0 fully saturated rings. The van der Waals surface area contributed by atoms with E-state index in [0.717, 1.165) is 22.0 Å². The topological polar surface area (TPSA) is 89.0 Å². The van der Waals surface area contributed by atoms with Crippen molar-refractivity contribution in [1.82, 2.24) is 9.88 Å². The molecule has 0 spiro atoms. The van der Waals surface area contributed by atoms with Gasteiger partial charge in [0.2, 0.25) is 0 Å². The summed E-state index contributed by atoms with van der Waals surface area (Å²) >= 11 is 0. The molecule has 4 rings (SSSR count). The maximum atomic E-state index is 13.1. The number of hydrogen-bond donors (Lipinski definition) is 1. The number of amides is 1. The maximum Gasteiger partial charge on any atom is 0.336 e. The third-order valence-corrected chi connectivity index (χ3v) is 5.23. The summed E-state index contributed by atoms with van der Waals surface area (Å²) < 4.78 is 10.7. The van der Waals surface area contributed by atoms with Crippen molar-refractivity contribution in [3.05, 3.63) is 64.8 Å². The van der Waals surface area contributed by atoms with Crippen molar-refractivity contribution in [1.29, 1.82) is 0 Å². The van der Waals surface area contributed by atoms with Crippen LogP contribution in [0.25, 0.3) is 10.9 Å². The molecule has 1 amide bonds. The minimum absolute atomic E-state index is 0.0446. The monoisotopic (exact) mass is 392 g/mol. The number of hydrogen-bond acceptors (Lipinski definition) is 5. The van der Waals surface area contributed by atoms with Crippen LogP contribution >= 0.6 is 0 Å². The summed E-state index contributed by atoms with van der Waals surface area (Å²) in [6.45, 7) is 0.868. The van der Waals surface area contributed by atoms with Gasteiger partial charge >= 0.3 is 5.97 Å². The largest absolute Gasteiger partial charge is 0.493 e. The van der Waals surface area contributed by atoms with Crippen LogP contribution in [-0.4, -0.2) is 47.6 Å². The van der Waals surface area contributed by atoms with Crippen molar-refractivity contribution < 1.29 is 24.2 Å². The fourth-order valence-electron chi connectivity index (χ4n) is 3.78. The Balaban J connectivity index is 1.73. The Morgan fingerprint density at radius 3 is 2.66 bits per heavy atom. The van der Waals surface area contributed by atoms with Gasteiger partial charge in [-0.1, -0.05) is 12.1 Å². The molecule has 7 heteroatoms. The van der Waals surface area contributed by atoms with Crippen LogP contribution in [0.5, 0.6) is 11.5 Å². The summed E-state index contributed by atoms with van der Waals surface area (Å²) in [5, 5.41) is 10.3. The third kappa shape index (κ3) is 3.24. The molecule has 0 aliphatic carbocycles. The molecule has 148 valence electrons. The number of nitrogens with zero attached hydrogens (tertiary/aromatic N) is 2. The fraction of sp³-hybridized carbons (Fsp3) is 0.227. The summed E-state index contributed by atoms with van der Waals surface area (Å²) in [4.78, 5) is 30.8. The van der Waals surface area contributed by atoms with E-state index in [1.807, 2.05) is 18.2 Å². The van der Waals surface area contributed by atoms with Crippen molar-refractivity contribution in [2.45, 2.75) is 13.0 Å². The zero-order chi connectivity index (χ0) is 20.5. The molecule has 1 aromatic heterocycles. The molecule has 1 N–H and O–H groups in total. The van der Waals surface area contributed by atoms with Crippen LogP contribution in [0.2, 0.25) is 0 Å². The maximum absolute atomic E-state index is 13.1. The van der Waals surface area contributed by atoms with Gasteiger partial charge in [-0.25, -0.2) is 4.79 Å². The summed E-state index contributed by atoms with van der Waals surface area (Å²) in [7, 11) is 3.13. The highest BCUT2D eigenvalue weighted by atomic mass is 16.5. The molecule has 0 radical (unpaired) electrons. The first-order valence-corrected chi connectivity index (χ1v) is 9.17. The lowest BCUT2D eigenvalue weighted by Crippen LogP contribution is -2.38. The van der Waals surface area contributed by atoms with Gasteiger partial charge < -0.3 is 19.5 Å². The molecule has 2 aromatic carbocycles. The lowest BCUT2D eigenvalue weighted by molar-refractivity contribution is 0.0664. The van der Waals surface area contributed by atoms with E-state index in [4.69, 9.17) is 9.47 Å². The quantitative estimate of drug-likeness (QED) is 0.718. The minimum atomic E-state index is -1.09. The van der Waals surface area contributed by atoms with E-state index in [2.05, 4.69) is 4.98 Å². The van der Waals surface area contributed by atoms with E-state index < -0.39 is 5.97 Å². The number of carboxylic acid groups (broad SMARTS) is 1. The van der Waals surface area contributed by atoms with Crippen LogP contribution in [0.1, 0.15) is 31.8 Å². The van der Waals surface area contributed by atoms with Gasteiger partial charge in [-0.2, -0.15) is 0 Å². The second-order valence-corrected chi connectivity index (χ2v) is 6.82. The molecule has 1 aliphatic rings. The number of carbonyl (C=O) groups excluding carboxylic acids is 1. The van der Waals surface area contributed by atoms with Gasteiger partial charge in [0.25, 0.3) is 5.91 Å². The molecule has 0 atom stereocenters. The van der Waals surface area contributed by atoms with E-state index in [-0.39, 0.29) is 17.0 Å². The molecule has 0 bridgehead atoms. The van der Waals surface area contributed by atoms with Crippen LogP contribution in [-0.2, 0) is 13.0 Å². The zero-order valence-electron chi connectivity index (χ0n) is 16.1. The van der Waals surface area contributed by atoms with Gasteiger partial charge in [-0.3, -0.25) is 9.78 Å². The highest BCUT2D eigenvalue weighted by molar-refractivity contribution is 6.06. The van der Waals surface area contributed by atoms with Crippen molar-refractivity contribution in [3.8, 4) is 11.5 Å². The van der Waals surface area contributed by atoms with Crippen molar-refractivity contribution in [2.24, 2.45) is 0 Å². The Bertz CT molecular complexity index is 1130. The Morgan fingerprint density at radius 2 is 1.93 bits per heavy atom. The first kappa shape index (κ1) is 18.7. The number of fused-ring (bicyclic) bond motifs is 2. The Labute approximate surface area is 167 Å². The molecule has 3 aromatic rings. The summed E-state index contributed by atoms with van der Waals surface area (Å²) in [6, 6.07) is 10.5. The number of carboxylic acids is 1. The van der Waals surface area contributed by atoms with E-state index in [1.54, 1.807) is 37.4 Å². The molecular weight excluding hydrogens is 372 g/mol. The number of aromatic nitrogens is 1. The van der Waals surface area contributed by atoms with Crippen molar-refractivity contribution in [2.75, 3.05) is 20.8 Å². The van der Waals surface area contributed by atoms with Crippen LogP contribution in [0, 0.1) is 0 Å². The third-order valence-electron chi connectivity index (χ3n) is 5.23. The van der Waals surface area contributed by atoms with E-state index in [0.29, 0.717) is 31.0 Å². The summed E-state index contributed by atoms with van der Waals surface area (Å²) in [5.74, 6) is -0.200. The van der Waals surface area contributed by atoms with E-state index in [9.17, 15) is 14.7 Å². The lowest BCUT2D eigenvalue weighted by Gasteiger charge is -2.30. The summed E-state index contributed by atoms with van der Waals surface area (Å²) in [6.07, 6.45) is 2.30. The molecule has 2 heterocycles. The molecule has 0 saturated heterocycles. The second-order valence-electron chi connectivity index (χ2n) is 6.82. The number of methoxy groups -OCH3 is 2. The van der Waals surface area contributed by atoms with E-state index in [1.165, 1.54) is 6.07 Å². The van der Waals surface area contributed by atoms with Gasteiger partial charge in [-0.15, -0.1) is 0 Å². The molecule has 1 aliphatic heterocycles. The molecule has 0 saturated carbocycles. The summed E-state index contributed by atoms with van der Waals surface area (Å²) in [5.41, 5.74) is 2.74.